The van der Waals surface area contributed by atoms with Gasteiger partial charge in [-0.1, -0.05) is 12.6 Å². The Morgan fingerprint density at radius 2 is 2.18 bits per heavy atom. The van der Waals surface area contributed by atoms with Crippen molar-refractivity contribution in [2.45, 2.75) is 5.22 Å². The van der Waals surface area contributed by atoms with Crippen molar-refractivity contribution in [3.63, 3.8) is 0 Å². The highest BCUT2D eigenvalue weighted by atomic mass is 32.1. The number of nitrogens with zero attached hydrogens (tertiary/aromatic N) is 3. The number of carbonyl (C=O) groups is 1. The Morgan fingerprint density at radius 1 is 1.55 bits per heavy atom. The molecule has 0 aliphatic heterocycles. The standard InChI is InChI=1S/C5H7N3O2S/c1-8(2)4(9)3-6-7-5(11)10-3/h1-2H3,(H,7,11). The lowest BCUT2D eigenvalue weighted by atomic mass is 10.6. The molecule has 0 aliphatic carbocycles. The molecule has 0 saturated heterocycles. The molecule has 0 saturated carbocycles. The maximum atomic E-state index is 11.1. The van der Waals surface area contributed by atoms with Gasteiger partial charge >= 0.3 is 11.8 Å². The first-order valence-electron chi connectivity index (χ1n) is 2.85. The van der Waals surface area contributed by atoms with Gasteiger partial charge in [0.1, 0.15) is 0 Å². The first-order chi connectivity index (χ1) is 5.11. The van der Waals surface area contributed by atoms with Crippen molar-refractivity contribution < 1.29 is 9.21 Å². The zero-order chi connectivity index (χ0) is 8.43. The molecule has 0 radical (unpaired) electrons. The van der Waals surface area contributed by atoms with E-state index in [0.717, 1.165) is 0 Å². The monoisotopic (exact) mass is 173 g/mol. The molecule has 0 spiro atoms. The molecular formula is C5H7N3O2S. The van der Waals surface area contributed by atoms with Crippen LogP contribution in [0.3, 0.4) is 0 Å². The molecule has 0 aromatic carbocycles. The molecule has 1 heterocycles. The van der Waals surface area contributed by atoms with Crippen molar-refractivity contribution >= 4 is 18.5 Å². The van der Waals surface area contributed by atoms with Crippen molar-refractivity contribution in [1.82, 2.24) is 15.1 Å². The Kier molecular flexibility index (Phi) is 2.13. The molecule has 0 fully saturated rings. The van der Waals surface area contributed by atoms with E-state index in [1.54, 1.807) is 14.1 Å². The van der Waals surface area contributed by atoms with Crippen LogP contribution in [0.2, 0.25) is 0 Å². The van der Waals surface area contributed by atoms with Gasteiger partial charge in [-0.3, -0.25) is 4.79 Å². The van der Waals surface area contributed by atoms with Crippen LogP contribution in [0.15, 0.2) is 9.64 Å². The summed E-state index contributed by atoms with van der Waals surface area (Å²) in [6.07, 6.45) is 0. The minimum atomic E-state index is -0.321. The van der Waals surface area contributed by atoms with Gasteiger partial charge in [-0.15, -0.1) is 10.2 Å². The normalized spacial score (nSPS) is 9.73. The van der Waals surface area contributed by atoms with Gasteiger partial charge in [-0.25, -0.2) is 0 Å². The van der Waals surface area contributed by atoms with Gasteiger partial charge in [0.25, 0.3) is 5.22 Å². The topological polar surface area (TPSA) is 59.2 Å². The number of hydrogen-bond donors (Lipinski definition) is 1. The molecule has 5 nitrogen and oxygen atoms in total. The van der Waals surface area contributed by atoms with Crippen LogP contribution in [0.5, 0.6) is 0 Å². The Morgan fingerprint density at radius 3 is 2.55 bits per heavy atom. The predicted molar refractivity (Wildman–Crippen MR) is 39.6 cm³/mol. The van der Waals surface area contributed by atoms with Crippen molar-refractivity contribution in [1.29, 1.82) is 0 Å². The van der Waals surface area contributed by atoms with E-state index in [0.29, 0.717) is 0 Å². The lowest BCUT2D eigenvalue weighted by Gasteiger charge is -2.04. The van der Waals surface area contributed by atoms with Crippen LogP contribution in [0.1, 0.15) is 10.7 Å². The molecule has 0 atom stereocenters. The summed E-state index contributed by atoms with van der Waals surface area (Å²) in [5.74, 6) is -0.363. The minimum absolute atomic E-state index is 0.0417. The van der Waals surface area contributed by atoms with Crippen molar-refractivity contribution in [2.24, 2.45) is 0 Å². The zero-order valence-electron chi connectivity index (χ0n) is 6.11. The van der Waals surface area contributed by atoms with Crippen LogP contribution in [-0.4, -0.2) is 35.1 Å². The Balaban J connectivity index is 2.85. The summed E-state index contributed by atoms with van der Waals surface area (Å²) in [6, 6.07) is 0. The molecule has 1 rings (SSSR count). The van der Waals surface area contributed by atoms with E-state index in [1.807, 2.05) is 0 Å². The molecule has 0 aliphatic rings. The molecular weight excluding hydrogens is 166 g/mol. The third-order valence-electron chi connectivity index (χ3n) is 1.00. The van der Waals surface area contributed by atoms with E-state index in [9.17, 15) is 4.79 Å². The van der Waals surface area contributed by atoms with E-state index in [2.05, 4.69) is 22.8 Å². The summed E-state index contributed by atoms with van der Waals surface area (Å²) in [5, 5.41) is 6.97. The van der Waals surface area contributed by atoms with Crippen LogP contribution in [0.25, 0.3) is 0 Å². The third kappa shape index (κ3) is 1.70. The number of aromatic nitrogens is 2. The average Bonchev–Trinajstić information content (AvgIpc) is 2.34. The maximum absolute atomic E-state index is 11.1. The fraction of sp³-hybridized carbons (Fsp3) is 0.400. The molecule has 0 unspecified atom stereocenters. The Hall–Kier alpha value is -1.04. The van der Waals surface area contributed by atoms with E-state index < -0.39 is 0 Å². The smallest absolute Gasteiger partial charge is 0.310 e. The van der Waals surface area contributed by atoms with E-state index in [1.165, 1.54) is 4.90 Å². The lowest BCUT2D eigenvalue weighted by molar-refractivity contribution is 0.0783. The van der Waals surface area contributed by atoms with Gasteiger partial charge in [-0.05, 0) is 0 Å². The predicted octanol–water partition coefficient (Wildman–Crippen LogP) is 0.0601. The highest BCUT2D eigenvalue weighted by molar-refractivity contribution is 7.80. The van der Waals surface area contributed by atoms with Crippen LogP contribution < -0.4 is 0 Å². The Labute approximate surface area is 68.8 Å². The van der Waals surface area contributed by atoms with Gasteiger partial charge in [0.2, 0.25) is 0 Å². The second-order valence-electron chi connectivity index (χ2n) is 2.09. The molecule has 6 heteroatoms. The summed E-state index contributed by atoms with van der Waals surface area (Å²) in [5.41, 5.74) is 0. The largest absolute Gasteiger partial charge is 0.407 e. The molecule has 60 valence electrons. The third-order valence-corrected chi connectivity index (χ3v) is 1.18. The van der Waals surface area contributed by atoms with E-state index >= 15 is 0 Å². The van der Waals surface area contributed by atoms with E-state index in [4.69, 9.17) is 4.42 Å². The number of amides is 1. The van der Waals surface area contributed by atoms with Gasteiger partial charge in [0.15, 0.2) is 0 Å². The number of carbonyl (C=O) groups excluding carboxylic acids is 1. The highest BCUT2D eigenvalue weighted by Gasteiger charge is 2.14. The summed E-state index contributed by atoms with van der Waals surface area (Å²) >= 11 is 3.76. The molecule has 1 amide bonds. The van der Waals surface area contributed by atoms with Crippen LogP contribution >= 0.6 is 12.6 Å². The molecule has 0 bridgehead atoms. The summed E-state index contributed by atoms with van der Waals surface area (Å²) in [6.45, 7) is 0. The quantitative estimate of drug-likeness (QED) is 0.610. The molecule has 1 aromatic rings. The van der Waals surface area contributed by atoms with Gasteiger partial charge < -0.3 is 9.32 Å². The first-order valence-corrected chi connectivity index (χ1v) is 3.30. The van der Waals surface area contributed by atoms with Crippen molar-refractivity contribution in [3.8, 4) is 0 Å². The SMILES string of the molecule is CN(C)C(=O)c1nnc(S)o1. The first kappa shape index (κ1) is 8.06. The van der Waals surface area contributed by atoms with Crippen LogP contribution in [0, 0.1) is 0 Å². The molecule has 0 N–H and O–H groups in total. The minimum Gasteiger partial charge on any atom is -0.407 e. The second kappa shape index (κ2) is 2.91. The summed E-state index contributed by atoms with van der Waals surface area (Å²) in [7, 11) is 3.20. The number of rotatable bonds is 1. The average molecular weight is 173 g/mol. The molecule has 1 aromatic heterocycles. The zero-order valence-corrected chi connectivity index (χ0v) is 7.00. The fourth-order valence-electron chi connectivity index (χ4n) is 0.493. The summed E-state index contributed by atoms with van der Waals surface area (Å²) in [4.78, 5) is 12.4. The van der Waals surface area contributed by atoms with Crippen molar-refractivity contribution in [3.05, 3.63) is 5.89 Å². The summed E-state index contributed by atoms with van der Waals surface area (Å²) < 4.78 is 4.76. The molecule has 11 heavy (non-hydrogen) atoms. The van der Waals surface area contributed by atoms with Gasteiger partial charge in [0, 0.05) is 14.1 Å². The van der Waals surface area contributed by atoms with E-state index in [-0.39, 0.29) is 17.0 Å². The highest BCUT2D eigenvalue weighted by Crippen LogP contribution is 2.04. The van der Waals surface area contributed by atoms with Crippen molar-refractivity contribution in [2.75, 3.05) is 14.1 Å². The fourth-order valence-corrected chi connectivity index (χ4v) is 0.624. The van der Waals surface area contributed by atoms with Gasteiger partial charge in [-0.2, -0.15) is 0 Å². The maximum Gasteiger partial charge on any atom is 0.310 e. The number of hydrogen-bond acceptors (Lipinski definition) is 5. The van der Waals surface area contributed by atoms with Gasteiger partial charge in [0.05, 0.1) is 0 Å². The number of thiol groups is 1. The lowest BCUT2D eigenvalue weighted by Crippen LogP contribution is -2.21. The van der Waals surface area contributed by atoms with Crippen LogP contribution in [-0.2, 0) is 0 Å². The van der Waals surface area contributed by atoms with Crippen LogP contribution in [0.4, 0.5) is 0 Å². The second-order valence-corrected chi connectivity index (χ2v) is 2.47. The Bertz CT molecular complexity index is 270.